The summed E-state index contributed by atoms with van der Waals surface area (Å²) < 4.78 is 23.1. The third kappa shape index (κ3) is 3.66. The van der Waals surface area contributed by atoms with Crippen LogP contribution in [-0.4, -0.2) is 18.2 Å². The highest BCUT2D eigenvalue weighted by Crippen LogP contribution is 2.50. The Labute approximate surface area is 119 Å². The van der Waals surface area contributed by atoms with Gasteiger partial charge < -0.3 is 9.05 Å². The standard InChI is InChI=1S/C15H20NO3P/c1-4-18-20(17,19-5-2)11-14-8-7-13-10-12(3)6-9-15(13)16-14/h6-10H,4-5,11H2,1-3H3. The summed E-state index contributed by atoms with van der Waals surface area (Å²) in [4.78, 5) is 4.53. The van der Waals surface area contributed by atoms with Gasteiger partial charge in [-0.25, -0.2) is 0 Å². The number of nitrogens with zero attached hydrogens (tertiary/aromatic N) is 1. The lowest BCUT2D eigenvalue weighted by atomic mass is 10.1. The van der Waals surface area contributed by atoms with Crippen LogP contribution < -0.4 is 0 Å². The minimum Gasteiger partial charge on any atom is -0.309 e. The van der Waals surface area contributed by atoms with Crippen molar-refractivity contribution in [2.75, 3.05) is 13.2 Å². The van der Waals surface area contributed by atoms with Gasteiger partial charge in [0.25, 0.3) is 0 Å². The second kappa shape index (κ2) is 6.49. The molecule has 1 heterocycles. The molecule has 1 aromatic heterocycles. The first kappa shape index (κ1) is 15.2. The molecule has 0 atom stereocenters. The molecular weight excluding hydrogens is 273 g/mol. The Bertz CT molecular complexity index is 632. The predicted molar refractivity (Wildman–Crippen MR) is 81.0 cm³/mol. The van der Waals surface area contributed by atoms with E-state index >= 15 is 0 Å². The third-order valence-electron chi connectivity index (χ3n) is 2.91. The molecule has 4 nitrogen and oxygen atoms in total. The lowest BCUT2D eigenvalue weighted by molar-refractivity contribution is 0.219. The monoisotopic (exact) mass is 293 g/mol. The summed E-state index contributed by atoms with van der Waals surface area (Å²) in [6.07, 6.45) is 0.207. The molecule has 1 aromatic carbocycles. The van der Waals surface area contributed by atoms with Crippen LogP contribution >= 0.6 is 7.60 Å². The number of fused-ring (bicyclic) bond motifs is 1. The molecule has 0 saturated carbocycles. The molecule has 0 saturated heterocycles. The first-order chi connectivity index (χ1) is 9.56. The molecule has 0 spiro atoms. The van der Waals surface area contributed by atoms with E-state index in [1.807, 2.05) is 45.0 Å². The second-order valence-corrected chi connectivity index (χ2v) is 6.66. The van der Waals surface area contributed by atoms with Gasteiger partial charge in [0.2, 0.25) is 0 Å². The first-order valence-corrected chi connectivity index (χ1v) is 8.53. The summed E-state index contributed by atoms with van der Waals surface area (Å²) in [5.41, 5.74) is 2.82. The molecular formula is C15H20NO3P. The van der Waals surface area contributed by atoms with Crippen molar-refractivity contribution in [1.29, 1.82) is 0 Å². The van der Waals surface area contributed by atoms with Gasteiger partial charge in [-0.3, -0.25) is 9.55 Å². The molecule has 5 heteroatoms. The van der Waals surface area contributed by atoms with Crippen molar-refractivity contribution >= 4 is 18.5 Å². The highest BCUT2D eigenvalue weighted by atomic mass is 31.2. The molecule has 0 aliphatic heterocycles. The third-order valence-corrected chi connectivity index (χ3v) is 4.92. The van der Waals surface area contributed by atoms with Crippen LogP contribution in [0.5, 0.6) is 0 Å². The SMILES string of the molecule is CCOP(=O)(Cc1ccc2cc(C)ccc2n1)OCC. The fourth-order valence-electron chi connectivity index (χ4n) is 2.10. The zero-order valence-corrected chi connectivity index (χ0v) is 13.0. The van der Waals surface area contributed by atoms with Gasteiger partial charge >= 0.3 is 7.60 Å². The Morgan fingerprint density at radius 1 is 1.10 bits per heavy atom. The molecule has 0 aliphatic rings. The van der Waals surface area contributed by atoms with Crippen LogP contribution in [0.1, 0.15) is 25.1 Å². The average molecular weight is 293 g/mol. The van der Waals surface area contributed by atoms with Gasteiger partial charge in [-0.1, -0.05) is 17.7 Å². The number of rotatable bonds is 6. The molecule has 108 valence electrons. The quantitative estimate of drug-likeness (QED) is 0.745. The van der Waals surface area contributed by atoms with E-state index in [1.54, 1.807) is 0 Å². The average Bonchev–Trinajstić information content (AvgIpc) is 2.39. The van der Waals surface area contributed by atoms with Crippen molar-refractivity contribution in [1.82, 2.24) is 4.98 Å². The number of pyridine rings is 1. The van der Waals surface area contributed by atoms with Crippen LogP contribution in [0.2, 0.25) is 0 Å². The summed E-state index contributed by atoms with van der Waals surface area (Å²) in [5.74, 6) is 0. The van der Waals surface area contributed by atoms with Gasteiger partial charge in [0, 0.05) is 5.39 Å². The summed E-state index contributed by atoms with van der Waals surface area (Å²) in [6, 6.07) is 9.94. The van der Waals surface area contributed by atoms with E-state index in [1.165, 1.54) is 5.56 Å². The zero-order chi connectivity index (χ0) is 14.6. The Hall–Kier alpha value is -1.22. The number of hydrogen-bond donors (Lipinski definition) is 0. The topological polar surface area (TPSA) is 48.4 Å². The highest BCUT2D eigenvalue weighted by Gasteiger charge is 2.24. The van der Waals surface area contributed by atoms with E-state index in [0.29, 0.717) is 13.2 Å². The lowest BCUT2D eigenvalue weighted by Gasteiger charge is -2.16. The number of aryl methyl sites for hydroxylation is 1. The summed E-state index contributed by atoms with van der Waals surface area (Å²) >= 11 is 0. The van der Waals surface area contributed by atoms with Crippen molar-refractivity contribution in [2.24, 2.45) is 0 Å². The fourth-order valence-corrected chi connectivity index (χ4v) is 3.71. The molecule has 0 bridgehead atoms. The van der Waals surface area contributed by atoms with Crippen LogP contribution in [0.4, 0.5) is 0 Å². The smallest absolute Gasteiger partial charge is 0.309 e. The molecule has 0 amide bonds. The Morgan fingerprint density at radius 3 is 2.45 bits per heavy atom. The van der Waals surface area contributed by atoms with E-state index in [0.717, 1.165) is 16.6 Å². The van der Waals surface area contributed by atoms with Crippen molar-refractivity contribution in [3.05, 3.63) is 41.6 Å². The summed E-state index contributed by atoms with van der Waals surface area (Å²) in [6.45, 7) is 6.39. The van der Waals surface area contributed by atoms with Crippen LogP contribution in [0, 0.1) is 6.92 Å². The largest absolute Gasteiger partial charge is 0.336 e. The van der Waals surface area contributed by atoms with E-state index in [9.17, 15) is 4.57 Å². The van der Waals surface area contributed by atoms with Crippen LogP contribution in [0.3, 0.4) is 0 Å². The Balaban J connectivity index is 2.28. The van der Waals surface area contributed by atoms with E-state index < -0.39 is 7.60 Å². The molecule has 2 rings (SSSR count). The van der Waals surface area contributed by atoms with Crippen molar-refractivity contribution in [2.45, 2.75) is 26.9 Å². The highest BCUT2D eigenvalue weighted by molar-refractivity contribution is 7.53. The van der Waals surface area contributed by atoms with E-state index in [2.05, 4.69) is 11.1 Å². The Kier molecular flexibility index (Phi) is 4.92. The van der Waals surface area contributed by atoms with Crippen LogP contribution in [0.25, 0.3) is 10.9 Å². The summed E-state index contributed by atoms with van der Waals surface area (Å²) in [7, 11) is -3.09. The lowest BCUT2D eigenvalue weighted by Crippen LogP contribution is -2.00. The van der Waals surface area contributed by atoms with Crippen LogP contribution in [0.15, 0.2) is 30.3 Å². The minimum atomic E-state index is -3.09. The van der Waals surface area contributed by atoms with Gasteiger partial charge in [0.05, 0.1) is 30.6 Å². The molecule has 0 aliphatic carbocycles. The fraction of sp³-hybridized carbons (Fsp3) is 0.400. The van der Waals surface area contributed by atoms with Gasteiger partial charge in [-0.15, -0.1) is 0 Å². The van der Waals surface area contributed by atoms with Crippen LogP contribution in [-0.2, 0) is 19.8 Å². The van der Waals surface area contributed by atoms with E-state index in [-0.39, 0.29) is 6.16 Å². The first-order valence-electron chi connectivity index (χ1n) is 6.80. The number of benzene rings is 1. The number of aromatic nitrogens is 1. The van der Waals surface area contributed by atoms with Crippen molar-refractivity contribution in [3.8, 4) is 0 Å². The number of hydrogen-bond acceptors (Lipinski definition) is 4. The maximum Gasteiger partial charge on any atom is 0.336 e. The summed E-state index contributed by atoms with van der Waals surface area (Å²) in [5, 5.41) is 1.08. The maximum atomic E-state index is 12.5. The molecule has 0 fully saturated rings. The second-order valence-electron chi connectivity index (χ2n) is 4.60. The molecule has 2 aromatic rings. The van der Waals surface area contributed by atoms with Crippen molar-refractivity contribution < 1.29 is 13.6 Å². The van der Waals surface area contributed by atoms with Gasteiger partial charge in [0.1, 0.15) is 0 Å². The molecule has 0 N–H and O–H groups in total. The van der Waals surface area contributed by atoms with Gasteiger partial charge in [-0.05, 0) is 39.0 Å². The molecule has 20 heavy (non-hydrogen) atoms. The Morgan fingerprint density at radius 2 is 1.80 bits per heavy atom. The molecule has 0 radical (unpaired) electrons. The zero-order valence-electron chi connectivity index (χ0n) is 12.1. The normalized spacial score (nSPS) is 11.9. The minimum absolute atomic E-state index is 0.207. The van der Waals surface area contributed by atoms with Crippen molar-refractivity contribution in [3.63, 3.8) is 0 Å². The molecule has 0 unspecified atom stereocenters. The maximum absolute atomic E-state index is 12.5. The van der Waals surface area contributed by atoms with Gasteiger partial charge in [0.15, 0.2) is 0 Å². The predicted octanol–water partition coefficient (Wildman–Crippen LogP) is 4.31. The van der Waals surface area contributed by atoms with Gasteiger partial charge in [-0.2, -0.15) is 0 Å². The van der Waals surface area contributed by atoms with E-state index in [4.69, 9.17) is 9.05 Å².